The number of hydrogen-bond donors (Lipinski definition) is 2. The van der Waals surface area contributed by atoms with E-state index in [1.54, 1.807) is 58.0 Å². The van der Waals surface area contributed by atoms with Gasteiger partial charge in [0.2, 0.25) is 0 Å². The van der Waals surface area contributed by atoms with Crippen LogP contribution in [0.4, 0.5) is 0 Å². The van der Waals surface area contributed by atoms with Crippen LogP contribution in [0.2, 0.25) is 0 Å². The van der Waals surface area contributed by atoms with Gasteiger partial charge >= 0.3 is 23.9 Å². The third-order valence-electron chi connectivity index (χ3n) is 12.0. The zero-order chi connectivity index (χ0) is 37.8. The van der Waals surface area contributed by atoms with E-state index in [1.807, 2.05) is 30.3 Å². The minimum atomic E-state index is -2.09. The summed E-state index contributed by atoms with van der Waals surface area (Å²) in [5.41, 5.74) is -4.77. The molecule has 3 fully saturated rings. The van der Waals surface area contributed by atoms with Crippen LogP contribution in [0, 0.1) is 16.7 Å². The summed E-state index contributed by atoms with van der Waals surface area (Å²) in [7, 11) is 0. The summed E-state index contributed by atoms with van der Waals surface area (Å²) in [6, 6.07) is 17.7. The molecule has 0 unspecified atom stereocenters. The van der Waals surface area contributed by atoms with E-state index in [0.717, 1.165) is 5.56 Å². The molecule has 2 aromatic rings. The fraction of sp³-hybridized carbons (Fsp3) is 0.550. The number of fused-ring (bicyclic) bond motifs is 5. The van der Waals surface area contributed by atoms with E-state index >= 15 is 0 Å². The first-order chi connectivity index (χ1) is 24.5. The lowest BCUT2D eigenvalue weighted by molar-refractivity contribution is -0.369. The standard InChI is InChI=1S/C40H48O12/c1-22-28(49-23(2)41)19-40(46)35(51-36(45)27-16-12-9-13-17-27)33-38(7,34(44)32(50-24(3)42)31(22)37(40,5)6)29(47-20-26-14-10-8-11-15-26)18-30-39(33,21-48-30)52-25(4)43/h8-17,28-30,32-35,44,46H,18-21H2,1-7H3/t28-,29-,30+,32+,33-,34-,35-,38+,39-,40+/m0/s1. The maximum absolute atomic E-state index is 14.2. The van der Waals surface area contributed by atoms with Crippen molar-refractivity contribution in [1.29, 1.82) is 0 Å². The Hall–Kier alpha value is -4.10. The van der Waals surface area contributed by atoms with Crippen molar-refractivity contribution in [2.24, 2.45) is 16.7 Å². The second-order valence-electron chi connectivity index (χ2n) is 15.3. The van der Waals surface area contributed by atoms with Crippen LogP contribution in [0.1, 0.15) is 77.2 Å². The van der Waals surface area contributed by atoms with Gasteiger partial charge < -0.3 is 38.6 Å². The highest BCUT2D eigenvalue weighted by molar-refractivity contribution is 5.89. The van der Waals surface area contributed by atoms with Crippen molar-refractivity contribution < 1.29 is 57.8 Å². The predicted octanol–water partition coefficient (Wildman–Crippen LogP) is 4.24. The molecule has 2 aromatic carbocycles. The molecule has 4 aliphatic rings. The monoisotopic (exact) mass is 720 g/mol. The molecule has 0 amide bonds. The van der Waals surface area contributed by atoms with E-state index in [1.165, 1.54) is 20.8 Å². The van der Waals surface area contributed by atoms with Gasteiger partial charge in [-0.1, -0.05) is 69.3 Å². The molecule has 6 rings (SSSR count). The van der Waals surface area contributed by atoms with E-state index in [0.29, 0.717) is 11.1 Å². The summed E-state index contributed by atoms with van der Waals surface area (Å²) in [6.07, 6.45) is -7.37. The zero-order valence-corrected chi connectivity index (χ0v) is 30.6. The average molecular weight is 721 g/mol. The zero-order valence-electron chi connectivity index (χ0n) is 30.6. The fourth-order valence-corrected chi connectivity index (χ4v) is 9.46. The first-order valence-electron chi connectivity index (χ1n) is 17.7. The highest BCUT2D eigenvalue weighted by Gasteiger charge is 2.78. The van der Waals surface area contributed by atoms with E-state index in [4.69, 9.17) is 28.4 Å². The lowest BCUT2D eigenvalue weighted by Crippen LogP contribution is -2.82. The van der Waals surface area contributed by atoms with Crippen LogP contribution in [0.5, 0.6) is 0 Å². The topological polar surface area (TPSA) is 164 Å². The summed E-state index contributed by atoms with van der Waals surface area (Å²) in [6.45, 7) is 10.6. The molecule has 12 nitrogen and oxygen atoms in total. The molecule has 10 atom stereocenters. The molecule has 280 valence electrons. The molecule has 3 aliphatic carbocycles. The third kappa shape index (κ3) is 6.03. The molecule has 0 radical (unpaired) electrons. The van der Waals surface area contributed by atoms with Crippen molar-refractivity contribution in [3.05, 3.63) is 82.9 Å². The number of aliphatic hydroxyl groups excluding tert-OH is 1. The smallest absolute Gasteiger partial charge is 0.338 e. The second-order valence-corrected chi connectivity index (χ2v) is 15.3. The number of carbonyl (C=O) groups excluding carboxylic acids is 4. The van der Waals surface area contributed by atoms with Crippen molar-refractivity contribution in [3.63, 3.8) is 0 Å². The molecule has 52 heavy (non-hydrogen) atoms. The van der Waals surface area contributed by atoms with E-state index in [-0.39, 0.29) is 31.6 Å². The Morgan fingerprint density at radius 2 is 1.48 bits per heavy atom. The minimum absolute atomic E-state index is 0.118. The Balaban J connectivity index is 1.65. The number of carbonyl (C=O) groups is 4. The molecule has 2 N–H and O–H groups in total. The Morgan fingerprint density at radius 3 is 2.04 bits per heavy atom. The summed E-state index contributed by atoms with van der Waals surface area (Å²) >= 11 is 0. The maximum Gasteiger partial charge on any atom is 0.338 e. The lowest BCUT2D eigenvalue weighted by Gasteiger charge is -2.69. The molecular weight excluding hydrogens is 672 g/mol. The number of benzene rings is 2. The molecule has 0 aromatic heterocycles. The van der Waals surface area contributed by atoms with Gasteiger partial charge in [0.25, 0.3) is 0 Å². The summed E-state index contributed by atoms with van der Waals surface area (Å²) < 4.78 is 37.4. The predicted molar refractivity (Wildman–Crippen MR) is 184 cm³/mol. The van der Waals surface area contributed by atoms with Crippen molar-refractivity contribution >= 4 is 23.9 Å². The van der Waals surface area contributed by atoms with Gasteiger partial charge in [-0.2, -0.15) is 0 Å². The minimum Gasteiger partial charge on any atom is -0.458 e. The fourth-order valence-electron chi connectivity index (χ4n) is 9.46. The number of hydrogen-bond acceptors (Lipinski definition) is 12. The summed E-state index contributed by atoms with van der Waals surface area (Å²) in [5.74, 6) is -3.98. The number of esters is 4. The largest absolute Gasteiger partial charge is 0.458 e. The van der Waals surface area contributed by atoms with E-state index < -0.39 is 88.5 Å². The Labute approximate surface area is 303 Å². The highest BCUT2D eigenvalue weighted by atomic mass is 16.6. The van der Waals surface area contributed by atoms with E-state index in [9.17, 15) is 29.4 Å². The number of aliphatic hydroxyl groups is 2. The lowest BCUT2D eigenvalue weighted by atomic mass is 9.44. The summed E-state index contributed by atoms with van der Waals surface area (Å²) in [5, 5.41) is 26.5. The molecule has 1 heterocycles. The van der Waals surface area contributed by atoms with E-state index in [2.05, 4.69) is 0 Å². The van der Waals surface area contributed by atoms with Gasteiger partial charge in [0, 0.05) is 44.4 Å². The Bertz CT molecular complexity index is 1740. The molecule has 0 spiro atoms. The van der Waals surface area contributed by atoms with Crippen LogP contribution in [-0.2, 0) is 49.4 Å². The van der Waals surface area contributed by atoms with Crippen molar-refractivity contribution in [1.82, 2.24) is 0 Å². The van der Waals surface area contributed by atoms with Crippen LogP contribution >= 0.6 is 0 Å². The van der Waals surface area contributed by atoms with Crippen LogP contribution in [0.3, 0.4) is 0 Å². The molecule has 1 saturated heterocycles. The second kappa shape index (κ2) is 13.7. The van der Waals surface area contributed by atoms with Crippen molar-refractivity contribution in [2.45, 2.75) is 116 Å². The number of rotatable bonds is 8. The van der Waals surface area contributed by atoms with Crippen molar-refractivity contribution in [3.8, 4) is 0 Å². The van der Waals surface area contributed by atoms with Gasteiger partial charge in [0.05, 0.1) is 30.8 Å². The molecule has 1 aliphatic heterocycles. The molecule has 12 heteroatoms. The number of ether oxygens (including phenoxy) is 6. The molecule has 2 bridgehead atoms. The average Bonchev–Trinajstić information content (AvgIpc) is 3.07. The quantitative estimate of drug-likeness (QED) is 0.227. The van der Waals surface area contributed by atoms with Gasteiger partial charge in [0.1, 0.15) is 30.0 Å². The molecule has 2 saturated carbocycles. The SMILES string of the molecule is CC(=O)O[C@H]1C[C@@]2(O)[C@@H](OC(=O)c3ccccc3)[C@@H]3[C@]4(OC(C)=O)CO[C@@H]4C[C@H](OCc4ccccc4)[C@@]3(C)[C@@H](O)[C@H](OC(C)=O)C(=C1C)C2(C)C. The van der Waals surface area contributed by atoms with Gasteiger partial charge in [-0.05, 0) is 35.8 Å². The Morgan fingerprint density at radius 1 is 0.865 bits per heavy atom. The van der Waals surface area contributed by atoms with Crippen LogP contribution in [0.15, 0.2) is 71.8 Å². The first kappa shape index (κ1) is 37.7. The van der Waals surface area contributed by atoms with Crippen molar-refractivity contribution in [2.75, 3.05) is 6.61 Å². The summed E-state index contributed by atoms with van der Waals surface area (Å²) in [4.78, 5) is 52.7. The highest BCUT2D eigenvalue weighted by Crippen LogP contribution is 2.66. The Kier molecular flexibility index (Phi) is 9.93. The van der Waals surface area contributed by atoms with Gasteiger partial charge in [-0.3, -0.25) is 14.4 Å². The maximum atomic E-state index is 14.2. The van der Waals surface area contributed by atoms with Crippen LogP contribution < -0.4 is 0 Å². The van der Waals surface area contributed by atoms with Gasteiger partial charge in [-0.25, -0.2) is 4.79 Å². The van der Waals surface area contributed by atoms with Gasteiger partial charge in [-0.15, -0.1) is 0 Å². The normalized spacial score (nSPS) is 36.1. The van der Waals surface area contributed by atoms with Crippen LogP contribution in [0.25, 0.3) is 0 Å². The first-order valence-corrected chi connectivity index (χ1v) is 17.7. The van der Waals surface area contributed by atoms with Crippen LogP contribution in [-0.4, -0.2) is 88.5 Å². The molecular formula is C40H48O12. The third-order valence-corrected chi connectivity index (χ3v) is 12.0. The van der Waals surface area contributed by atoms with Gasteiger partial charge in [0.15, 0.2) is 11.7 Å².